The maximum Gasteiger partial charge on any atom is 0.303 e. The minimum atomic E-state index is -1.63. The van der Waals surface area contributed by atoms with Crippen molar-refractivity contribution in [3.05, 3.63) is 0 Å². The Balaban J connectivity index is 3.18. The Kier molecular flexibility index (Phi) is 22.2. The first-order valence-electron chi connectivity index (χ1n) is 19.9. The molecule has 1 saturated heterocycles. The molecule has 60 heavy (non-hydrogen) atoms. The largest absolute Gasteiger partial charge is 0.481 e. The molecule has 0 saturated carbocycles. The minimum absolute atomic E-state index is 0.0182. The SMILES string of the molecule is CC(C)C[C@H](NC(=O)[C@H](CCC(=O)O)NC(=O)[C@@H](NC(=O)[C@H](C)N)C(C)C)C(=O)N[C@@H](CC(N)=O)C(=O)N[C@@H](C)C(=O)N1CCC[C@H]1C(=O)N[C@H](C=O)CCCN=C(N)N. The minimum Gasteiger partial charge on any atom is -0.481 e. The lowest BCUT2D eigenvalue weighted by Crippen LogP contribution is -2.60. The Morgan fingerprint density at radius 1 is 0.767 bits per heavy atom. The number of aldehydes is 1. The molecule has 1 aliphatic rings. The molecule has 0 unspecified atom stereocenters. The number of guanidine groups is 1. The fraction of sp³-hybridized carbons (Fsp3) is 0.703. The fourth-order valence-electron chi connectivity index (χ4n) is 6.18. The molecule has 0 spiro atoms. The Hall–Kier alpha value is -5.87. The van der Waals surface area contributed by atoms with E-state index >= 15 is 0 Å². The summed E-state index contributed by atoms with van der Waals surface area (Å²) >= 11 is 0. The molecule has 0 aromatic rings. The number of carbonyl (C=O) groups excluding carboxylic acids is 9. The van der Waals surface area contributed by atoms with Gasteiger partial charge in [0.1, 0.15) is 42.5 Å². The summed E-state index contributed by atoms with van der Waals surface area (Å²) in [6, 6.07) is -9.69. The predicted molar refractivity (Wildman–Crippen MR) is 217 cm³/mol. The number of likely N-dealkylation sites (tertiary alicyclic amines) is 1. The van der Waals surface area contributed by atoms with Crippen LogP contribution in [0.5, 0.6) is 0 Å². The Morgan fingerprint density at radius 2 is 1.35 bits per heavy atom. The van der Waals surface area contributed by atoms with Gasteiger partial charge in [0.05, 0.1) is 18.5 Å². The average molecular weight is 853 g/mol. The zero-order valence-electron chi connectivity index (χ0n) is 35.2. The van der Waals surface area contributed by atoms with E-state index in [1.54, 1.807) is 27.7 Å². The van der Waals surface area contributed by atoms with Gasteiger partial charge in [-0.2, -0.15) is 0 Å². The Morgan fingerprint density at radius 3 is 1.88 bits per heavy atom. The maximum absolute atomic E-state index is 13.7. The van der Waals surface area contributed by atoms with Gasteiger partial charge in [-0.1, -0.05) is 27.7 Å². The normalized spacial score (nSPS) is 17.1. The summed E-state index contributed by atoms with van der Waals surface area (Å²) in [5.74, 6) is -8.66. The van der Waals surface area contributed by atoms with E-state index < -0.39 is 127 Å². The van der Waals surface area contributed by atoms with Crippen LogP contribution >= 0.6 is 0 Å². The molecule has 1 aliphatic heterocycles. The molecule has 0 radical (unpaired) electrons. The number of nitrogens with zero attached hydrogens (tertiary/aromatic N) is 2. The number of primary amides is 1. The summed E-state index contributed by atoms with van der Waals surface area (Å²) in [4.78, 5) is 133. The van der Waals surface area contributed by atoms with E-state index in [9.17, 15) is 53.1 Å². The molecule has 8 amide bonds. The number of carboxylic acid groups (broad SMARTS) is 1. The van der Waals surface area contributed by atoms with Crippen molar-refractivity contribution in [3.8, 4) is 0 Å². The first kappa shape index (κ1) is 52.1. The number of nitrogens with one attached hydrogen (secondary N) is 6. The highest BCUT2D eigenvalue weighted by atomic mass is 16.4. The van der Waals surface area contributed by atoms with Crippen LogP contribution < -0.4 is 54.8 Å². The van der Waals surface area contributed by atoms with Gasteiger partial charge in [-0.25, -0.2) is 0 Å². The number of carboxylic acids is 1. The van der Waals surface area contributed by atoms with Gasteiger partial charge in [-0.15, -0.1) is 0 Å². The van der Waals surface area contributed by atoms with Gasteiger partial charge in [0.15, 0.2) is 5.96 Å². The first-order chi connectivity index (χ1) is 28.0. The average Bonchev–Trinajstić information content (AvgIpc) is 3.65. The molecule has 0 aliphatic carbocycles. The lowest BCUT2D eigenvalue weighted by Gasteiger charge is -2.29. The van der Waals surface area contributed by atoms with E-state index in [-0.39, 0.29) is 44.2 Å². The van der Waals surface area contributed by atoms with Crippen molar-refractivity contribution in [1.29, 1.82) is 0 Å². The molecule has 0 aromatic heterocycles. The second-order valence-electron chi connectivity index (χ2n) is 15.6. The third-order valence-corrected chi connectivity index (χ3v) is 9.35. The molecular formula is C37H64N12O11. The van der Waals surface area contributed by atoms with Crippen molar-refractivity contribution in [2.75, 3.05) is 13.1 Å². The molecule has 23 nitrogen and oxygen atoms in total. The molecule has 0 aromatic carbocycles. The summed E-state index contributed by atoms with van der Waals surface area (Å²) in [6.07, 6.45) is 0.247. The van der Waals surface area contributed by atoms with Gasteiger partial charge in [0.25, 0.3) is 0 Å². The lowest BCUT2D eigenvalue weighted by atomic mass is 10.00. The summed E-state index contributed by atoms with van der Waals surface area (Å²) < 4.78 is 0. The number of hydrogen-bond donors (Lipinski definition) is 11. The molecule has 1 rings (SSSR count). The van der Waals surface area contributed by atoms with E-state index in [4.69, 9.17) is 22.9 Å². The van der Waals surface area contributed by atoms with Crippen molar-refractivity contribution < 1.29 is 53.1 Å². The van der Waals surface area contributed by atoms with Gasteiger partial charge < -0.3 is 69.6 Å². The van der Waals surface area contributed by atoms with Crippen molar-refractivity contribution >= 4 is 65.5 Å². The van der Waals surface area contributed by atoms with E-state index in [0.717, 1.165) is 0 Å². The van der Waals surface area contributed by atoms with E-state index in [0.29, 0.717) is 19.1 Å². The van der Waals surface area contributed by atoms with Gasteiger partial charge in [-0.3, -0.25) is 48.1 Å². The van der Waals surface area contributed by atoms with Crippen LogP contribution in [0.4, 0.5) is 0 Å². The van der Waals surface area contributed by atoms with Crippen molar-refractivity contribution in [2.45, 2.75) is 141 Å². The number of amides is 8. The fourth-order valence-corrected chi connectivity index (χ4v) is 6.18. The molecule has 15 N–H and O–H groups in total. The zero-order chi connectivity index (χ0) is 45.9. The van der Waals surface area contributed by atoms with Crippen LogP contribution in [-0.4, -0.2) is 137 Å². The lowest BCUT2D eigenvalue weighted by molar-refractivity contribution is -0.142. The summed E-state index contributed by atoms with van der Waals surface area (Å²) in [5.41, 5.74) is 21.6. The molecule has 23 heteroatoms. The van der Waals surface area contributed by atoms with Crippen LogP contribution in [0.15, 0.2) is 4.99 Å². The quantitative estimate of drug-likeness (QED) is 0.0171. The van der Waals surface area contributed by atoms with E-state index in [1.165, 1.54) is 18.7 Å². The van der Waals surface area contributed by atoms with Crippen LogP contribution in [0.1, 0.15) is 92.9 Å². The molecule has 1 heterocycles. The maximum atomic E-state index is 13.7. The highest BCUT2D eigenvalue weighted by Gasteiger charge is 2.38. The summed E-state index contributed by atoms with van der Waals surface area (Å²) in [6.45, 7) is 9.88. The predicted octanol–water partition coefficient (Wildman–Crippen LogP) is -4.05. The molecule has 8 atom stereocenters. The van der Waals surface area contributed by atoms with Crippen molar-refractivity contribution in [1.82, 2.24) is 36.8 Å². The second-order valence-corrected chi connectivity index (χ2v) is 15.6. The third kappa shape index (κ3) is 18.4. The molecule has 1 fully saturated rings. The molecular weight excluding hydrogens is 788 g/mol. The third-order valence-electron chi connectivity index (χ3n) is 9.35. The van der Waals surface area contributed by atoms with Crippen LogP contribution in [0, 0.1) is 11.8 Å². The van der Waals surface area contributed by atoms with E-state index in [2.05, 4.69) is 36.9 Å². The smallest absolute Gasteiger partial charge is 0.303 e. The van der Waals surface area contributed by atoms with Crippen LogP contribution in [0.2, 0.25) is 0 Å². The van der Waals surface area contributed by atoms with Crippen LogP contribution in [0.3, 0.4) is 0 Å². The number of carbonyl (C=O) groups is 10. The topological polar surface area (TPSA) is 383 Å². The molecule has 0 bridgehead atoms. The number of rotatable bonds is 26. The molecule has 338 valence electrons. The number of aliphatic imine (C=N–C) groups is 1. The number of hydrogen-bond acceptors (Lipinski definition) is 12. The Bertz CT molecular complexity index is 1580. The van der Waals surface area contributed by atoms with Gasteiger partial charge in [0, 0.05) is 19.5 Å². The summed E-state index contributed by atoms with van der Waals surface area (Å²) in [5, 5.41) is 24.2. The monoisotopic (exact) mass is 852 g/mol. The number of nitrogens with two attached hydrogens (primary N) is 4. The highest BCUT2D eigenvalue weighted by Crippen LogP contribution is 2.19. The van der Waals surface area contributed by atoms with E-state index in [1.807, 2.05) is 0 Å². The van der Waals surface area contributed by atoms with Gasteiger partial charge >= 0.3 is 5.97 Å². The van der Waals surface area contributed by atoms with Crippen LogP contribution in [-0.2, 0) is 47.9 Å². The summed E-state index contributed by atoms with van der Waals surface area (Å²) in [7, 11) is 0. The van der Waals surface area contributed by atoms with Crippen molar-refractivity contribution in [2.24, 2.45) is 39.8 Å². The zero-order valence-corrected chi connectivity index (χ0v) is 35.2. The van der Waals surface area contributed by atoms with Crippen molar-refractivity contribution in [3.63, 3.8) is 0 Å². The second kappa shape index (κ2) is 25.6. The van der Waals surface area contributed by atoms with Gasteiger partial charge in [-0.05, 0) is 64.2 Å². The Labute approximate surface area is 349 Å². The first-order valence-corrected chi connectivity index (χ1v) is 19.9. The standard InChI is InChI=1S/C37H64N12O11/c1-18(2)15-24(46-31(55)23(11-12-28(52)53)45-35(59)29(19(3)4)48-30(54)20(5)38)33(57)47-25(16-27(39)51)32(56)43-21(6)36(60)49-14-8-10-26(49)34(58)44-22(17-50)9-7-13-42-37(40)41/h17-26,29H,7-16,38H2,1-6H3,(H2,39,51)(H,43,56)(H,44,58)(H,45,59)(H,46,55)(H,47,57)(H,48,54)(H,52,53)(H4,40,41,42)/t20-,21-,22-,23-,24-,25-,26-,29-/m0/s1. The van der Waals surface area contributed by atoms with Gasteiger partial charge in [0.2, 0.25) is 47.3 Å². The highest BCUT2D eigenvalue weighted by molar-refractivity contribution is 5.98. The van der Waals surface area contributed by atoms with Crippen LogP contribution in [0.25, 0.3) is 0 Å². The number of aliphatic carboxylic acids is 1.